The second kappa shape index (κ2) is 21.3. The largest absolute Gasteiger partial charge is 0.549 e. The molecule has 0 aliphatic heterocycles. The molecule has 16 heteroatoms. The second-order valence-electron chi connectivity index (χ2n) is 11.6. The number of carbonyl (C=O) groups excluding carboxylic acids is 5. The van der Waals surface area contributed by atoms with Crippen LogP contribution >= 0.6 is 22.6 Å². The summed E-state index contributed by atoms with van der Waals surface area (Å²) in [7, 11) is 0. The Morgan fingerprint density at radius 1 is 0.604 bits per heavy atom. The van der Waals surface area contributed by atoms with Crippen molar-refractivity contribution in [2.24, 2.45) is 0 Å². The molecular weight excluding hydrogens is 739 g/mol. The van der Waals surface area contributed by atoms with Gasteiger partial charge in [-0.15, -0.1) is 0 Å². The molecule has 0 radical (unpaired) electrons. The van der Waals surface area contributed by atoms with E-state index in [1.54, 1.807) is 12.1 Å². The van der Waals surface area contributed by atoms with Crippen molar-refractivity contribution in [3.8, 4) is 0 Å². The summed E-state index contributed by atoms with van der Waals surface area (Å²) in [5, 5.41) is 47.6. The van der Waals surface area contributed by atoms with E-state index in [0.29, 0.717) is 53.4 Å². The number of rotatable bonds is 24. The molecule has 0 atom stereocenters. The molecule has 2 aromatic heterocycles. The number of halogens is 1. The van der Waals surface area contributed by atoms with Crippen molar-refractivity contribution in [2.45, 2.75) is 65.7 Å². The van der Waals surface area contributed by atoms with E-state index in [2.05, 4.69) is 10.2 Å². The molecule has 2 heterocycles. The van der Waals surface area contributed by atoms with Crippen LogP contribution in [0.4, 0.5) is 0 Å². The van der Waals surface area contributed by atoms with Gasteiger partial charge in [0.25, 0.3) is 0 Å². The first-order valence-corrected chi connectivity index (χ1v) is 17.0. The Labute approximate surface area is 293 Å². The van der Waals surface area contributed by atoms with Gasteiger partial charge in [0.1, 0.15) is 0 Å². The summed E-state index contributed by atoms with van der Waals surface area (Å²) in [5.41, 5.74) is 4.02. The van der Waals surface area contributed by atoms with Crippen LogP contribution in [0.3, 0.4) is 0 Å². The summed E-state index contributed by atoms with van der Waals surface area (Å²) in [6, 6.07) is 7.28. The van der Waals surface area contributed by atoms with Crippen molar-refractivity contribution in [3.05, 3.63) is 58.2 Å². The maximum atomic E-state index is 11.5. The Morgan fingerprint density at radius 3 is 1.31 bits per heavy atom. The fourth-order valence-corrected chi connectivity index (χ4v) is 5.51. The molecule has 0 spiro atoms. The maximum absolute atomic E-state index is 11.5. The lowest BCUT2D eigenvalue weighted by Crippen LogP contribution is -2.43. The molecule has 0 saturated carbocycles. The van der Waals surface area contributed by atoms with Crippen molar-refractivity contribution in [2.75, 3.05) is 43.7 Å². The van der Waals surface area contributed by atoms with Crippen LogP contribution in [-0.2, 0) is 50.2 Å². The first-order chi connectivity index (χ1) is 22.7. The summed E-state index contributed by atoms with van der Waals surface area (Å²) in [6.07, 6.45) is 3.48. The zero-order chi connectivity index (χ0) is 35.6. The number of nitrogens with zero attached hydrogens (tertiary/aromatic N) is 5. The van der Waals surface area contributed by atoms with Gasteiger partial charge in [-0.05, 0) is 68.6 Å². The molecule has 0 aromatic carbocycles. The number of hydrogen-bond donors (Lipinski definition) is 1. The zero-order valence-corrected chi connectivity index (χ0v) is 29.4. The number of alkyl halides is 1. The lowest BCUT2D eigenvalue weighted by atomic mass is 10.1. The molecule has 0 saturated heterocycles. The van der Waals surface area contributed by atoms with E-state index in [-0.39, 0.29) is 19.0 Å². The molecule has 2 rings (SSSR count). The number of carboxylic acid groups (broad SMARTS) is 4. The highest BCUT2D eigenvalue weighted by atomic mass is 127. The van der Waals surface area contributed by atoms with Crippen LogP contribution in [-0.4, -0.2) is 98.1 Å². The number of carboxylic acids is 4. The third kappa shape index (κ3) is 17.4. The molecule has 48 heavy (non-hydrogen) atoms. The van der Waals surface area contributed by atoms with Gasteiger partial charge in [0.2, 0.25) is 5.91 Å². The van der Waals surface area contributed by atoms with Crippen LogP contribution in [0.15, 0.2) is 24.3 Å². The lowest BCUT2D eigenvalue weighted by Gasteiger charge is -2.25. The quantitative estimate of drug-likeness (QED) is 0.0630. The van der Waals surface area contributed by atoms with Crippen molar-refractivity contribution in [1.82, 2.24) is 30.0 Å². The fraction of sp³-hybridized carbons (Fsp3) is 0.531. The second-order valence-corrected chi connectivity index (χ2v) is 12.4. The highest BCUT2D eigenvalue weighted by Gasteiger charge is 2.15. The highest BCUT2D eigenvalue weighted by Crippen LogP contribution is 2.16. The zero-order valence-electron chi connectivity index (χ0n) is 27.2. The van der Waals surface area contributed by atoms with Gasteiger partial charge in [-0.3, -0.25) is 29.5 Å². The number of aryl methyl sites for hydroxylation is 2. The molecule has 0 aliphatic carbocycles. The Balaban J connectivity index is 2.27. The predicted molar refractivity (Wildman–Crippen MR) is 173 cm³/mol. The molecule has 264 valence electrons. The van der Waals surface area contributed by atoms with Crippen molar-refractivity contribution in [1.29, 1.82) is 0 Å². The van der Waals surface area contributed by atoms with Gasteiger partial charge in [-0.1, -0.05) is 35.4 Å². The number of pyridine rings is 2. The molecule has 15 nitrogen and oxygen atoms in total. The van der Waals surface area contributed by atoms with Gasteiger partial charge in [0.15, 0.2) is 0 Å². The number of carbonyl (C=O) groups is 5. The van der Waals surface area contributed by atoms with Crippen LogP contribution in [0, 0.1) is 13.8 Å². The smallest absolute Gasteiger partial charge is 0.229 e. The molecule has 0 fully saturated rings. The molecule has 0 aliphatic rings. The Kier molecular flexibility index (Phi) is 17.9. The number of hydrogen-bond acceptors (Lipinski definition) is 14. The topological polar surface area (TPSA) is 225 Å². The van der Waals surface area contributed by atoms with Gasteiger partial charge >= 0.3 is 0 Å². The van der Waals surface area contributed by atoms with E-state index in [0.717, 1.165) is 36.8 Å². The van der Waals surface area contributed by atoms with Crippen molar-refractivity contribution in [3.63, 3.8) is 0 Å². The van der Waals surface area contributed by atoms with Gasteiger partial charge in [0, 0.05) is 58.9 Å². The van der Waals surface area contributed by atoms with Crippen LogP contribution in [0.5, 0.6) is 0 Å². The lowest BCUT2D eigenvalue weighted by molar-refractivity contribution is -0.313. The summed E-state index contributed by atoms with van der Waals surface area (Å²) >= 11 is 2.01. The molecule has 2 aromatic rings. The molecule has 0 unspecified atom stereocenters. The Bertz CT molecular complexity index is 1290. The molecular formula is C32H41IN6O9-4. The number of unbranched alkanes of at least 4 members (excludes halogenated alkanes) is 3. The first-order valence-electron chi connectivity index (χ1n) is 15.4. The monoisotopic (exact) mass is 780 g/mol. The van der Waals surface area contributed by atoms with Crippen LogP contribution in [0.1, 0.15) is 59.6 Å². The maximum Gasteiger partial charge on any atom is 0.229 e. The fourth-order valence-electron chi connectivity index (χ4n) is 5.24. The summed E-state index contributed by atoms with van der Waals surface area (Å²) in [4.78, 5) is 70.1. The van der Waals surface area contributed by atoms with Crippen LogP contribution in [0.2, 0.25) is 0 Å². The van der Waals surface area contributed by atoms with Gasteiger partial charge in [-0.25, -0.2) is 0 Å². The SMILES string of the molecule is Cc1cc(CN(CC(=O)[O-])CC(=O)[O-])nc(CN(CCCCCCNC(=O)CI)Cc2cc(C)cc(CN(CC(=O)[O-])CC(=O)[O-])n2)c1. The minimum absolute atomic E-state index is 0.00146. The molecule has 1 amide bonds. The van der Waals surface area contributed by atoms with E-state index >= 15 is 0 Å². The van der Waals surface area contributed by atoms with Crippen LogP contribution in [0.25, 0.3) is 0 Å². The molecule has 1 N–H and O–H groups in total. The van der Waals surface area contributed by atoms with Gasteiger partial charge < -0.3 is 44.9 Å². The van der Waals surface area contributed by atoms with Gasteiger partial charge in [-0.2, -0.15) is 0 Å². The minimum Gasteiger partial charge on any atom is -0.549 e. The van der Waals surface area contributed by atoms with E-state index < -0.39 is 50.1 Å². The minimum atomic E-state index is -1.42. The number of aromatic nitrogens is 2. The average Bonchev–Trinajstić information content (AvgIpc) is 2.94. The van der Waals surface area contributed by atoms with E-state index in [9.17, 15) is 44.4 Å². The standard InChI is InChI=1S/C32H45IN6O9/c1-22-9-24(35-26(11-22)16-38(18-29(41)42)19-30(43)44)14-37(8-6-4-3-5-7-34-28(40)13-33)15-25-10-23(2)12-27(36-25)17-39(20-31(45)46)21-32(47)48/h9-12H,3-8,13-21H2,1-2H3,(H,34,40)(H,41,42)(H,43,44)(H,45,46)(H,47,48)/p-4. The molecule has 0 bridgehead atoms. The predicted octanol–water partition coefficient (Wildman–Crippen LogP) is -3.19. The number of aliphatic carboxylic acids is 4. The Morgan fingerprint density at radius 2 is 0.958 bits per heavy atom. The third-order valence-electron chi connectivity index (χ3n) is 6.95. The highest BCUT2D eigenvalue weighted by molar-refractivity contribution is 14.1. The van der Waals surface area contributed by atoms with E-state index in [1.807, 2.05) is 48.6 Å². The van der Waals surface area contributed by atoms with Gasteiger partial charge in [0.05, 0.1) is 51.1 Å². The Hall–Kier alpha value is -3.74. The van der Waals surface area contributed by atoms with Crippen molar-refractivity contribution >= 4 is 52.4 Å². The van der Waals surface area contributed by atoms with E-state index in [4.69, 9.17) is 9.97 Å². The normalized spacial score (nSPS) is 11.3. The van der Waals surface area contributed by atoms with Crippen LogP contribution < -0.4 is 25.7 Å². The summed E-state index contributed by atoms with van der Waals surface area (Å²) in [6.45, 7) is 3.26. The number of nitrogens with one attached hydrogen (secondary N) is 1. The first kappa shape index (κ1) is 40.4. The summed E-state index contributed by atoms with van der Waals surface area (Å²) < 4.78 is 0.410. The van der Waals surface area contributed by atoms with E-state index in [1.165, 1.54) is 9.80 Å². The average molecular weight is 781 g/mol. The number of amides is 1. The third-order valence-corrected chi connectivity index (χ3v) is 7.64. The summed E-state index contributed by atoms with van der Waals surface area (Å²) in [5.74, 6) is -5.68. The van der Waals surface area contributed by atoms with Crippen molar-refractivity contribution < 1.29 is 44.4 Å².